The first-order valence-corrected chi connectivity index (χ1v) is 8.14. The standard InChI is InChI=1S/C20H25NO2/c1-5-21(6-2)14-17-11-8-12-18(13-17)20(22)23-19-15(3)9-7-10-16(19)4/h7-13H,5-6,14H2,1-4H3. The minimum absolute atomic E-state index is 0.302. The smallest absolute Gasteiger partial charge is 0.343 e. The van der Waals surface area contributed by atoms with E-state index in [1.807, 2.05) is 56.3 Å². The Morgan fingerprint density at radius 3 is 2.22 bits per heavy atom. The summed E-state index contributed by atoms with van der Waals surface area (Å²) < 4.78 is 5.62. The molecule has 0 unspecified atom stereocenters. The Morgan fingerprint density at radius 2 is 1.61 bits per heavy atom. The lowest BCUT2D eigenvalue weighted by Crippen LogP contribution is -2.22. The number of para-hydroxylation sites is 1. The highest BCUT2D eigenvalue weighted by molar-refractivity contribution is 5.91. The third-order valence-electron chi connectivity index (χ3n) is 4.07. The fourth-order valence-corrected chi connectivity index (χ4v) is 2.61. The second-order valence-corrected chi connectivity index (χ2v) is 5.77. The van der Waals surface area contributed by atoms with Crippen LogP contribution in [0.25, 0.3) is 0 Å². The molecule has 0 atom stereocenters. The number of hydrogen-bond donors (Lipinski definition) is 0. The summed E-state index contributed by atoms with van der Waals surface area (Å²) in [6.45, 7) is 11.0. The molecule has 2 rings (SSSR count). The van der Waals surface area contributed by atoms with Crippen molar-refractivity contribution in [2.75, 3.05) is 13.1 Å². The largest absolute Gasteiger partial charge is 0.422 e. The zero-order chi connectivity index (χ0) is 16.8. The molecule has 0 N–H and O–H groups in total. The molecule has 0 saturated heterocycles. The van der Waals surface area contributed by atoms with Crippen molar-refractivity contribution in [1.29, 1.82) is 0 Å². The van der Waals surface area contributed by atoms with Crippen LogP contribution in [-0.2, 0) is 6.54 Å². The van der Waals surface area contributed by atoms with Crippen LogP contribution in [0.4, 0.5) is 0 Å². The summed E-state index contributed by atoms with van der Waals surface area (Å²) in [5, 5.41) is 0. The van der Waals surface area contributed by atoms with Gasteiger partial charge in [-0.05, 0) is 55.8 Å². The first-order chi connectivity index (χ1) is 11.0. The molecule has 0 aromatic heterocycles. The lowest BCUT2D eigenvalue weighted by molar-refractivity contribution is 0.0732. The Kier molecular flexibility index (Phi) is 5.94. The maximum atomic E-state index is 12.5. The normalized spacial score (nSPS) is 10.8. The lowest BCUT2D eigenvalue weighted by atomic mass is 10.1. The number of benzene rings is 2. The monoisotopic (exact) mass is 311 g/mol. The maximum Gasteiger partial charge on any atom is 0.343 e. The van der Waals surface area contributed by atoms with Crippen LogP contribution >= 0.6 is 0 Å². The molecule has 0 heterocycles. The number of esters is 1. The zero-order valence-electron chi connectivity index (χ0n) is 14.4. The van der Waals surface area contributed by atoms with Crippen molar-refractivity contribution in [3.05, 3.63) is 64.7 Å². The molecule has 122 valence electrons. The van der Waals surface area contributed by atoms with Gasteiger partial charge < -0.3 is 4.74 Å². The van der Waals surface area contributed by atoms with Crippen LogP contribution in [0.5, 0.6) is 5.75 Å². The van der Waals surface area contributed by atoms with Crippen molar-refractivity contribution in [3.8, 4) is 5.75 Å². The molecule has 0 aliphatic rings. The van der Waals surface area contributed by atoms with Gasteiger partial charge in [-0.15, -0.1) is 0 Å². The molecule has 0 saturated carbocycles. The highest BCUT2D eigenvalue weighted by Crippen LogP contribution is 2.23. The Bertz CT molecular complexity index is 655. The highest BCUT2D eigenvalue weighted by atomic mass is 16.5. The third-order valence-corrected chi connectivity index (χ3v) is 4.07. The SMILES string of the molecule is CCN(CC)Cc1cccc(C(=O)Oc2c(C)cccc2C)c1. The summed E-state index contributed by atoms with van der Waals surface area (Å²) in [6.07, 6.45) is 0. The molecule has 0 aliphatic carbocycles. The van der Waals surface area contributed by atoms with Crippen molar-refractivity contribution in [1.82, 2.24) is 4.90 Å². The van der Waals surface area contributed by atoms with Crippen LogP contribution in [0.3, 0.4) is 0 Å². The van der Waals surface area contributed by atoms with E-state index >= 15 is 0 Å². The Balaban J connectivity index is 2.17. The Morgan fingerprint density at radius 1 is 1.00 bits per heavy atom. The van der Waals surface area contributed by atoms with E-state index < -0.39 is 0 Å². The van der Waals surface area contributed by atoms with E-state index in [1.165, 1.54) is 0 Å². The van der Waals surface area contributed by atoms with Gasteiger partial charge in [-0.3, -0.25) is 4.90 Å². The summed E-state index contributed by atoms with van der Waals surface area (Å²) in [6, 6.07) is 13.6. The van der Waals surface area contributed by atoms with Crippen molar-refractivity contribution in [2.24, 2.45) is 0 Å². The minimum atomic E-state index is -0.302. The third kappa shape index (κ3) is 4.42. The van der Waals surface area contributed by atoms with Crippen molar-refractivity contribution < 1.29 is 9.53 Å². The van der Waals surface area contributed by atoms with Gasteiger partial charge in [0.25, 0.3) is 0 Å². The van der Waals surface area contributed by atoms with Crippen molar-refractivity contribution >= 4 is 5.97 Å². The minimum Gasteiger partial charge on any atom is -0.422 e. The summed E-state index contributed by atoms with van der Waals surface area (Å²) in [5.74, 6) is 0.357. The van der Waals surface area contributed by atoms with E-state index in [1.54, 1.807) is 0 Å². The van der Waals surface area contributed by atoms with Gasteiger partial charge in [0.1, 0.15) is 5.75 Å². The number of hydrogen-bond acceptors (Lipinski definition) is 3. The Hall–Kier alpha value is -2.13. The molecule has 2 aromatic rings. The van der Waals surface area contributed by atoms with Crippen LogP contribution in [0.1, 0.15) is 40.9 Å². The van der Waals surface area contributed by atoms with Crippen LogP contribution in [-0.4, -0.2) is 24.0 Å². The van der Waals surface area contributed by atoms with Crippen molar-refractivity contribution in [3.63, 3.8) is 0 Å². The summed E-state index contributed by atoms with van der Waals surface area (Å²) in [7, 11) is 0. The van der Waals surface area contributed by atoms with E-state index in [2.05, 4.69) is 18.7 Å². The topological polar surface area (TPSA) is 29.5 Å². The quantitative estimate of drug-likeness (QED) is 0.586. The van der Waals surface area contributed by atoms with Crippen LogP contribution in [0.2, 0.25) is 0 Å². The molecule has 23 heavy (non-hydrogen) atoms. The van der Waals surface area contributed by atoms with E-state index in [0.717, 1.165) is 36.3 Å². The molecule has 2 aromatic carbocycles. The highest BCUT2D eigenvalue weighted by Gasteiger charge is 2.13. The van der Waals surface area contributed by atoms with Gasteiger partial charge in [0, 0.05) is 6.54 Å². The molecule has 0 aliphatic heterocycles. The van der Waals surface area contributed by atoms with Crippen LogP contribution in [0, 0.1) is 13.8 Å². The van der Waals surface area contributed by atoms with E-state index in [4.69, 9.17) is 4.74 Å². The van der Waals surface area contributed by atoms with Gasteiger partial charge in [0.15, 0.2) is 0 Å². The molecule has 0 radical (unpaired) electrons. The van der Waals surface area contributed by atoms with Gasteiger partial charge in [0.2, 0.25) is 0 Å². The molecular weight excluding hydrogens is 286 g/mol. The maximum absolute atomic E-state index is 12.5. The average molecular weight is 311 g/mol. The molecule has 0 fully saturated rings. The van der Waals surface area contributed by atoms with Gasteiger partial charge >= 0.3 is 5.97 Å². The predicted octanol–water partition coefficient (Wildman–Crippen LogP) is 4.36. The molecule has 0 spiro atoms. The van der Waals surface area contributed by atoms with Crippen LogP contribution in [0.15, 0.2) is 42.5 Å². The number of carbonyl (C=O) groups is 1. The number of aryl methyl sites for hydroxylation is 2. The molecule has 3 nitrogen and oxygen atoms in total. The van der Waals surface area contributed by atoms with Gasteiger partial charge in [-0.25, -0.2) is 4.79 Å². The Labute approximate surface area is 138 Å². The number of nitrogens with zero attached hydrogens (tertiary/aromatic N) is 1. The van der Waals surface area contributed by atoms with E-state index in [0.29, 0.717) is 11.3 Å². The fourth-order valence-electron chi connectivity index (χ4n) is 2.61. The number of ether oxygens (including phenoxy) is 1. The predicted molar refractivity (Wildman–Crippen MR) is 93.9 cm³/mol. The average Bonchev–Trinajstić information content (AvgIpc) is 2.56. The second kappa shape index (κ2) is 7.93. The number of rotatable bonds is 6. The number of carbonyl (C=O) groups excluding carboxylic acids is 1. The van der Waals surface area contributed by atoms with Gasteiger partial charge in [0.05, 0.1) is 5.56 Å². The molecule has 0 bridgehead atoms. The molecule has 0 amide bonds. The molecular formula is C20H25NO2. The van der Waals surface area contributed by atoms with Gasteiger partial charge in [-0.2, -0.15) is 0 Å². The second-order valence-electron chi connectivity index (χ2n) is 5.77. The first kappa shape index (κ1) is 17.2. The van der Waals surface area contributed by atoms with Gasteiger partial charge in [-0.1, -0.05) is 44.2 Å². The summed E-state index contributed by atoms with van der Waals surface area (Å²) >= 11 is 0. The lowest BCUT2D eigenvalue weighted by Gasteiger charge is -2.18. The van der Waals surface area contributed by atoms with Crippen molar-refractivity contribution in [2.45, 2.75) is 34.2 Å². The zero-order valence-corrected chi connectivity index (χ0v) is 14.4. The first-order valence-electron chi connectivity index (χ1n) is 8.14. The van der Waals surface area contributed by atoms with E-state index in [9.17, 15) is 4.79 Å². The van der Waals surface area contributed by atoms with E-state index in [-0.39, 0.29) is 5.97 Å². The van der Waals surface area contributed by atoms with Crippen LogP contribution < -0.4 is 4.74 Å². The fraction of sp³-hybridized carbons (Fsp3) is 0.350. The summed E-state index contributed by atoms with van der Waals surface area (Å²) in [4.78, 5) is 14.8. The summed E-state index contributed by atoms with van der Waals surface area (Å²) in [5.41, 5.74) is 3.66. The molecule has 3 heteroatoms.